The van der Waals surface area contributed by atoms with Crippen molar-refractivity contribution >= 4 is 33.4 Å². The number of carbonyl (C=O) groups excluding carboxylic acids is 2. The van der Waals surface area contributed by atoms with Gasteiger partial charge in [-0.1, -0.05) is 237 Å². The summed E-state index contributed by atoms with van der Waals surface area (Å²) in [5.74, 6) is 1.57. The first-order valence-electron chi connectivity index (χ1n) is 43.7. The van der Waals surface area contributed by atoms with Crippen molar-refractivity contribution in [1.29, 1.82) is 0 Å². The minimum Gasteiger partial charge on any atom is -0.512 e. The summed E-state index contributed by atoms with van der Waals surface area (Å²) in [5.41, 5.74) is 31.3. The summed E-state index contributed by atoms with van der Waals surface area (Å²) >= 11 is 0. The van der Waals surface area contributed by atoms with E-state index in [1.807, 2.05) is 211 Å². The fraction of sp³-hybridized carbons (Fsp3) is 0.176. The average Bonchev–Trinajstić information content (AvgIpc) is 0.775. The zero-order chi connectivity index (χ0) is 92.0. The van der Waals surface area contributed by atoms with Crippen LogP contribution < -0.4 is 0 Å². The molecule has 10 nitrogen and oxygen atoms in total. The Morgan fingerprint density at radius 1 is 0.331 bits per heavy atom. The Morgan fingerprint density at radius 3 is 1.33 bits per heavy atom. The van der Waals surface area contributed by atoms with Crippen molar-refractivity contribution in [3.63, 3.8) is 0 Å². The molecule has 11 aromatic carbocycles. The number of aromatic nitrogens is 6. The third kappa shape index (κ3) is 37.1. The number of aliphatic hydroxyl groups excluding tert-OH is 2. The van der Waals surface area contributed by atoms with E-state index in [-0.39, 0.29) is 104 Å². The Hall–Kier alpha value is -12.1. The van der Waals surface area contributed by atoms with Gasteiger partial charge in [-0.15, -0.1) is 214 Å². The SMILES string of the molecule is CC(=O)C=C(C)O.CC(C)CC(=O)C=C(O)CC(C)C.Cc1[c-]c(-c2ccc3c(CC(C)C)cccc3n2)cc(C)c1.Cc1ccc(-c2[c-]cccc2)nc1.Cc1ccc(-c2cc(-c3[c-]ccc(C)c3)nc3ccc(C)cc23)cc1.Cc1ccc(-c2ccnc(-c3[c-]cccc3)c2)cc1.[Ir].[Ir].[Ir].[Ir].[c-]1ccccc1-c1ccc(-c2ccccc2)cn1.[c-]1ccccc1-c1ccccn1. The summed E-state index contributed by atoms with van der Waals surface area (Å²) in [5, 5.41) is 20.2. The number of pyridine rings is 6. The predicted octanol–water partition coefficient (Wildman–Crippen LogP) is 30.1. The molecule has 6 aromatic heterocycles. The van der Waals surface area contributed by atoms with Gasteiger partial charge in [-0.2, -0.15) is 0 Å². The minimum absolute atomic E-state index is 0. The Bertz CT molecular complexity index is 6310. The number of carbonyl (C=O) groups is 2. The van der Waals surface area contributed by atoms with E-state index in [0.717, 1.165) is 96.1 Å². The van der Waals surface area contributed by atoms with E-state index < -0.39 is 0 Å². The molecule has 6 heterocycles. The third-order valence-electron chi connectivity index (χ3n) is 19.9. The van der Waals surface area contributed by atoms with Crippen molar-refractivity contribution in [2.24, 2.45) is 17.8 Å². The van der Waals surface area contributed by atoms with Crippen molar-refractivity contribution in [3.05, 3.63) is 445 Å². The van der Waals surface area contributed by atoms with Crippen LogP contribution in [-0.2, 0) is 96.4 Å². The molecular weight excluding hydrogens is 2350 g/mol. The molecule has 0 saturated carbocycles. The molecule has 686 valence electrons. The summed E-state index contributed by atoms with van der Waals surface area (Å²) < 4.78 is 0. The molecule has 14 heteroatoms. The average molecular weight is 2460 g/mol. The van der Waals surface area contributed by atoms with E-state index in [9.17, 15) is 14.7 Å². The normalized spacial score (nSPS) is 10.5. The van der Waals surface area contributed by atoms with E-state index >= 15 is 0 Å². The van der Waals surface area contributed by atoms with Gasteiger partial charge in [0.15, 0.2) is 11.6 Å². The molecule has 0 spiro atoms. The van der Waals surface area contributed by atoms with Crippen LogP contribution in [0.3, 0.4) is 0 Å². The zero-order valence-electron chi connectivity index (χ0n) is 78.1. The molecule has 17 rings (SSSR count). The van der Waals surface area contributed by atoms with Gasteiger partial charge in [0.05, 0.1) is 22.6 Å². The third-order valence-corrected chi connectivity index (χ3v) is 19.9. The molecule has 0 aliphatic rings. The van der Waals surface area contributed by atoms with Gasteiger partial charge in [0, 0.05) is 141 Å². The molecule has 0 unspecified atom stereocenters. The van der Waals surface area contributed by atoms with Gasteiger partial charge >= 0.3 is 0 Å². The first-order valence-corrected chi connectivity index (χ1v) is 43.7. The van der Waals surface area contributed by atoms with E-state index in [1.54, 1.807) is 6.20 Å². The largest absolute Gasteiger partial charge is 0.512 e. The molecule has 0 atom stereocenters. The van der Waals surface area contributed by atoms with Crippen LogP contribution in [0.15, 0.2) is 364 Å². The number of nitrogens with zero attached hydrogens (tertiary/aromatic N) is 6. The standard InChI is InChI=1S/C24H20N.C21H22N.C18H14N.C17H12N.C12H10N.C11H8N.C11H20O2.C5H8O2.4Ir/c1-16-7-10-19(11-8-16)21-15-24(20-6-4-5-17(2)13-20)25-23-12-9-18(3)14-22(21)23;1-14(2)10-17-6-5-7-21-19(17)8-9-20(22-21)18-12-15(3)11-16(4)13-18;1-14-7-9-15(10-8-14)17-11-12-19-18(13-17)16-5-3-2-4-6-16;1-3-7-14(8-4-1)16-11-12-17(18-13-16)15-9-5-2-6-10-15;1-10-7-8-12(13-9-10)11-5-3-2-4-6-11;1-2-6-10(7-3-1)11-8-4-5-9-12-11;1-8(2)5-10(12)7-11(13)6-9(3)4;1-4(6)3-5(2)7;;;;/h4-5,7-15H,1-3H3;5-9,11-12,14H,10H2,1-4H3;2-5,7-13H,1H3;1-9,11-13H;2-5,7-9H,1H3;1-6,8-9H;7-9,12H,5-6H2,1-4H3;3,6H,1-2H3;;;;/q6*-1;;;;;;. The van der Waals surface area contributed by atoms with Gasteiger partial charge in [-0.05, 0) is 175 Å². The summed E-state index contributed by atoms with van der Waals surface area (Å²) in [4.78, 5) is 48.4. The maximum absolute atomic E-state index is 11.2. The summed E-state index contributed by atoms with van der Waals surface area (Å²) in [6, 6.07) is 126. The van der Waals surface area contributed by atoms with Crippen LogP contribution in [0.25, 0.3) is 123 Å². The van der Waals surface area contributed by atoms with E-state index in [1.165, 1.54) is 104 Å². The fourth-order valence-electron chi connectivity index (χ4n) is 13.8. The van der Waals surface area contributed by atoms with Crippen molar-refractivity contribution in [3.8, 4) is 101 Å². The number of hydrogen-bond acceptors (Lipinski definition) is 10. The smallest absolute Gasteiger partial charge is 0.159 e. The van der Waals surface area contributed by atoms with Crippen LogP contribution in [0.5, 0.6) is 0 Å². The first-order chi connectivity index (χ1) is 62.2. The Labute approximate surface area is 842 Å². The van der Waals surface area contributed by atoms with Gasteiger partial charge in [-0.25, -0.2) is 0 Å². The van der Waals surface area contributed by atoms with Crippen LogP contribution in [0.4, 0.5) is 0 Å². The molecule has 4 radical (unpaired) electrons. The van der Waals surface area contributed by atoms with Gasteiger partial charge in [-0.3, -0.25) is 19.6 Å². The van der Waals surface area contributed by atoms with Crippen molar-refractivity contribution in [2.75, 3.05) is 0 Å². The Balaban J connectivity index is 0.000000238. The zero-order valence-corrected chi connectivity index (χ0v) is 87.6. The second-order valence-corrected chi connectivity index (χ2v) is 33.1. The van der Waals surface area contributed by atoms with Gasteiger partial charge in [0.2, 0.25) is 0 Å². The quantitative estimate of drug-likeness (QED) is 0.0512. The summed E-state index contributed by atoms with van der Waals surface area (Å²) in [6.45, 7) is 30.0. The maximum Gasteiger partial charge on any atom is 0.159 e. The number of aliphatic hydroxyl groups is 2. The molecule has 0 aliphatic heterocycles. The molecule has 0 saturated heterocycles. The topological polar surface area (TPSA) is 152 Å². The molecule has 17 aromatic rings. The molecule has 0 aliphatic carbocycles. The monoisotopic (exact) mass is 2460 g/mol. The summed E-state index contributed by atoms with van der Waals surface area (Å²) in [7, 11) is 0. The second kappa shape index (κ2) is 57.3. The van der Waals surface area contributed by atoms with Crippen LogP contribution in [0, 0.1) is 103 Å². The van der Waals surface area contributed by atoms with Crippen LogP contribution >= 0.6 is 0 Å². The number of ketones is 2. The number of rotatable bonds is 17. The Kier molecular flexibility index (Phi) is 47.2. The molecular formula is C119H114Ir4N6O4-6. The van der Waals surface area contributed by atoms with Crippen molar-refractivity contribution in [2.45, 2.75) is 123 Å². The van der Waals surface area contributed by atoms with Gasteiger partial charge in [0.1, 0.15) is 0 Å². The van der Waals surface area contributed by atoms with Crippen molar-refractivity contribution < 1.29 is 100 Å². The van der Waals surface area contributed by atoms with Crippen molar-refractivity contribution in [1.82, 2.24) is 29.9 Å². The summed E-state index contributed by atoms with van der Waals surface area (Å²) in [6.07, 6.45) is 12.1. The molecule has 133 heavy (non-hydrogen) atoms. The van der Waals surface area contributed by atoms with E-state index in [2.05, 4.69) is 269 Å². The van der Waals surface area contributed by atoms with Gasteiger partial charge < -0.3 is 30.1 Å². The van der Waals surface area contributed by atoms with Gasteiger partial charge in [0.25, 0.3) is 0 Å². The number of allylic oxidation sites excluding steroid dienone is 4. The number of hydrogen-bond donors (Lipinski definition) is 2. The minimum atomic E-state index is -0.125. The predicted molar refractivity (Wildman–Crippen MR) is 536 cm³/mol. The molecule has 0 bridgehead atoms. The number of benzene rings is 11. The number of aryl methyl sites for hydroxylation is 7. The molecule has 2 N–H and O–H groups in total. The van der Waals surface area contributed by atoms with E-state index in [0.29, 0.717) is 30.6 Å². The van der Waals surface area contributed by atoms with Crippen LogP contribution in [0.1, 0.15) is 113 Å². The van der Waals surface area contributed by atoms with Crippen LogP contribution in [-0.4, -0.2) is 51.7 Å². The van der Waals surface area contributed by atoms with E-state index in [4.69, 9.17) is 15.1 Å². The Morgan fingerprint density at radius 2 is 0.820 bits per heavy atom. The number of fused-ring (bicyclic) bond motifs is 2. The maximum atomic E-state index is 11.2. The second-order valence-electron chi connectivity index (χ2n) is 33.1. The van der Waals surface area contributed by atoms with Crippen LogP contribution in [0.2, 0.25) is 0 Å². The first kappa shape index (κ1) is 110. The molecule has 0 amide bonds. The molecule has 0 fully saturated rings. The fourth-order valence-corrected chi connectivity index (χ4v) is 13.8.